The van der Waals surface area contributed by atoms with Crippen LogP contribution in [0, 0.1) is 17.2 Å². The van der Waals surface area contributed by atoms with Crippen molar-refractivity contribution in [3.05, 3.63) is 56.7 Å². The first-order chi connectivity index (χ1) is 11.1. The van der Waals surface area contributed by atoms with Gasteiger partial charge in [-0.1, -0.05) is 36.2 Å². The molecule has 118 valence electrons. The minimum atomic E-state index is 0.627. The predicted octanol–water partition coefficient (Wildman–Crippen LogP) is 5.68. The molecule has 1 aromatic heterocycles. The van der Waals surface area contributed by atoms with Gasteiger partial charge < -0.3 is 0 Å². The van der Waals surface area contributed by atoms with Crippen LogP contribution in [0.3, 0.4) is 0 Å². The van der Waals surface area contributed by atoms with Crippen molar-refractivity contribution in [3.8, 4) is 6.07 Å². The van der Waals surface area contributed by atoms with Gasteiger partial charge in [0.05, 0.1) is 5.56 Å². The Morgan fingerprint density at radius 2 is 2.17 bits per heavy atom. The topological polar surface area (TPSA) is 36.7 Å². The molecule has 1 aliphatic carbocycles. The number of nitriles is 1. The maximum atomic E-state index is 9.43. The lowest BCUT2D eigenvalue weighted by molar-refractivity contribution is 0.491. The zero-order valence-electron chi connectivity index (χ0n) is 12.8. The number of hydrogen-bond donors (Lipinski definition) is 0. The van der Waals surface area contributed by atoms with E-state index in [2.05, 4.69) is 13.0 Å². The van der Waals surface area contributed by atoms with E-state index in [4.69, 9.17) is 28.2 Å². The molecule has 3 rings (SSSR count). The Morgan fingerprint density at radius 3 is 2.91 bits per heavy atom. The number of aryl methyl sites for hydroxylation is 1. The van der Waals surface area contributed by atoms with Crippen LogP contribution < -0.4 is 0 Å². The maximum absolute atomic E-state index is 9.43. The van der Waals surface area contributed by atoms with Crippen LogP contribution in [-0.4, -0.2) is 4.98 Å². The Bertz CT molecular complexity index is 783. The van der Waals surface area contributed by atoms with Gasteiger partial charge >= 0.3 is 0 Å². The molecule has 0 fully saturated rings. The van der Waals surface area contributed by atoms with E-state index in [1.165, 1.54) is 12.0 Å². The fraction of sp³-hybridized carbons (Fsp3) is 0.333. The normalized spacial score (nSPS) is 16.7. The Hall–Kier alpha value is -1.21. The van der Waals surface area contributed by atoms with Crippen molar-refractivity contribution in [2.75, 3.05) is 0 Å². The van der Waals surface area contributed by atoms with Crippen LogP contribution in [0.15, 0.2) is 29.3 Å². The molecule has 1 aromatic carbocycles. The highest BCUT2D eigenvalue weighted by molar-refractivity contribution is 7.98. The van der Waals surface area contributed by atoms with E-state index in [0.29, 0.717) is 27.3 Å². The van der Waals surface area contributed by atoms with E-state index < -0.39 is 0 Å². The molecule has 0 radical (unpaired) electrons. The molecule has 0 N–H and O–H groups in total. The molecule has 2 aromatic rings. The Kier molecular flexibility index (Phi) is 5.16. The molecule has 1 unspecified atom stereocenters. The monoisotopic (exact) mass is 362 g/mol. The summed E-state index contributed by atoms with van der Waals surface area (Å²) in [5.74, 6) is 1.34. The fourth-order valence-electron chi connectivity index (χ4n) is 2.80. The number of nitrogens with zero attached hydrogens (tertiary/aromatic N) is 2. The molecular formula is C18H16Cl2N2S. The van der Waals surface area contributed by atoms with E-state index in [-0.39, 0.29) is 0 Å². The van der Waals surface area contributed by atoms with Gasteiger partial charge in [-0.05, 0) is 54.5 Å². The molecule has 0 spiro atoms. The second-order valence-corrected chi connectivity index (χ2v) is 7.74. The molecule has 0 saturated heterocycles. The first-order valence-electron chi connectivity index (χ1n) is 7.56. The number of fused-ring (bicyclic) bond motifs is 1. The zero-order valence-corrected chi connectivity index (χ0v) is 15.1. The van der Waals surface area contributed by atoms with Crippen molar-refractivity contribution >= 4 is 35.0 Å². The van der Waals surface area contributed by atoms with Crippen LogP contribution in [0.2, 0.25) is 10.0 Å². The largest absolute Gasteiger partial charge is 0.245 e. The third kappa shape index (κ3) is 3.83. The molecule has 5 heteroatoms. The van der Waals surface area contributed by atoms with Gasteiger partial charge in [0.15, 0.2) is 0 Å². The third-order valence-corrected chi connectivity index (χ3v) is 5.73. The molecule has 0 aliphatic heterocycles. The Labute approximate surface area is 150 Å². The lowest BCUT2D eigenvalue weighted by Crippen LogP contribution is -2.14. The highest BCUT2D eigenvalue weighted by atomic mass is 35.5. The van der Waals surface area contributed by atoms with Crippen LogP contribution in [0.5, 0.6) is 0 Å². The number of rotatable bonds is 3. The quantitative estimate of drug-likeness (QED) is 0.659. The first kappa shape index (κ1) is 16.6. The second kappa shape index (κ2) is 7.13. The number of aromatic nitrogens is 1. The Balaban J connectivity index is 1.84. The standard InChI is InChI=1S/C18H16Cl2N2S/c1-11-2-5-17-13(6-11)7-14(9-21)18(22-17)23-10-12-3-4-15(19)8-16(12)20/h3-4,7-8,11H,2,5-6,10H2,1H3. The minimum absolute atomic E-state index is 0.627. The van der Waals surface area contributed by atoms with E-state index in [0.717, 1.165) is 29.1 Å². The first-order valence-corrected chi connectivity index (χ1v) is 9.30. The molecule has 1 aliphatic rings. The molecular weight excluding hydrogens is 347 g/mol. The smallest absolute Gasteiger partial charge is 0.114 e. The van der Waals surface area contributed by atoms with E-state index >= 15 is 0 Å². The van der Waals surface area contributed by atoms with Gasteiger partial charge in [-0.15, -0.1) is 11.8 Å². The van der Waals surface area contributed by atoms with Crippen LogP contribution >= 0.6 is 35.0 Å². The zero-order chi connectivity index (χ0) is 16.4. The van der Waals surface area contributed by atoms with Crippen LogP contribution in [0.25, 0.3) is 0 Å². The minimum Gasteiger partial charge on any atom is -0.245 e. The second-order valence-electron chi connectivity index (χ2n) is 5.93. The predicted molar refractivity (Wildman–Crippen MR) is 96.2 cm³/mol. The summed E-state index contributed by atoms with van der Waals surface area (Å²) in [6.07, 6.45) is 3.18. The van der Waals surface area contributed by atoms with Crippen LogP contribution in [0.1, 0.15) is 35.7 Å². The van der Waals surface area contributed by atoms with Crippen molar-refractivity contribution in [2.24, 2.45) is 5.92 Å². The summed E-state index contributed by atoms with van der Waals surface area (Å²) in [5.41, 5.74) is 4.03. The summed E-state index contributed by atoms with van der Waals surface area (Å²) < 4.78 is 0. The summed E-state index contributed by atoms with van der Waals surface area (Å²) in [6.45, 7) is 2.25. The average Bonchev–Trinajstić information content (AvgIpc) is 2.53. The van der Waals surface area contributed by atoms with Crippen molar-refractivity contribution in [3.63, 3.8) is 0 Å². The maximum Gasteiger partial charge on any atom is 0.114 e. The van der Waals surface area contributed by atoms with Gasteiger partial charge in [-0.2, -0.15) is 5.26 Å². The summed E-state index contributed by atoms with van der Waals surface area (Å²) in [6, 6.07) is 9.79. The van der Waals surface area contributed by atoms with E-state index in [1.807, 2.05) is 18.2 Å². The summed E-state index contributed by atoms with van der Waals surface area (Å²) in [7, 11) is 0. The van der Waals surface area contributed by atoms with Gasteiger partial charge in [0, 0.05) is 21.5 Å². The SMILES string of the molecule is CC1CCc2nc(SCc3ccc(Cl)cc3Cl)c(C#N)cc2C1. The van der Waals surface area contributed by atoms with Crippen molar-refractivity contribution in [2.45, 2.75) is 37.0 Å². The van der Waals surface area contributed by atoms with Gasteiger partial charge in [0.2, 0.25) is 0 Å². The highest BCUT2D eigenvalue weighted by Crippen LogP contribution is 2.32. The van der Waals surface area contributed by atoms with Gasteiger partial charge in [0.1, 0.15) is 11.1 Å². The van der Waals surface area contributed by atoms with E-state index in [9.17, 15) is 5.26 Å². The molecule has 2 nitrogen and oxygen atoms in total. The van der Waals surface area contributed by atoms with Crippen LogP contribution in [-0.2, 0) is 18.6 Å². The highest BCUT2D eigenvalue weighted by Gasteiger charge is 2.19. The van der Waals surface area contributed by atoms with Crippen LogP contribution in [0.4, 0.5) is 0 Å². The average molecular weight is 363 g/mol. The fourth-order valence-corrected chi connectivity index (χ4v) is 4.34. The number of hydrogen-bond acceptors (Lipinski definition) is 3. The lowest BCUT2D eigenvalue weighted by Gasteiger charge is -2.21. The molecule has 0 saturated carbocycles. The molecule has 0 bridgehead atoms. The van der Waals surface area contributed by atoms with Crippen molar-refractivity contribution < 1.29 is 0 Å². The van der Waals surface area contributed by atoms with Crippen molar-refractivity contribution in [1.82, 2.24) is 4.98 Å². The van der Waals surface area contributed by atoms with Gasteiger partial charge in [-0.25, -0.2) is 4.98 Å². The van der Waals surface area contributed by atoms with Gasteiger partial charge in [0.25, 0.3) is 0 Å². The number of benzene rings is 1. The summed E-state index contributed by atoms with van der Waals surface area (Å²) >= 11 is 13.7. The number of pyridine rings is 1. The Morgan fingerprint density at radius 1 is 1.35 bits per heavy atom. The van der Waals surface area contributed by atoms with Crippen molar-refractivity contribution in [1.29, 1.82) is 5.26 Å². The van der Waals surface area contributed by atoms with E-state index in [1.54, 1.807) is 17.8 Å². The molecule has 0 amide bonds. The summed E-state index contributed by atoms with van der Waals surface area (Å²) in [4.78, 5) is 4.75. The number of halogens is 2. The molecule has 23 heavy (non-hydrogen) atoms. The third-order valence-electron chi connectivity index (χ3n) is 4.10. The number of thioether (sulfide) groups is 1. The lowest BCUT2D eigenvalue weighted by atomic mass is 9.87. The summed E-state index contributed by atoms with van der Waals surface area (Å²) in [5, 5.41) is 11.5. The van der Waals surface area contributed by atoms with Gasteiger partial charge in [-0.3, -0.25) is 0 Å². The molecule has 1 atom stereocenters. The molecule has 1 heterocycles.